The molecule has 2 N–H and O–H groups in total. The average molecular weight is 241 g/mol. The summed E-state index contributed by atoms with van der Waals surface area (Å²) in [5.41, 5.74) is 1.36. The minimum atomic E-state index is -0.357. The third kappa shape index (κ3) is 2.74. The number of aliphatic hydroxyl groups is 2. The number of benzene rings is 1. The predicted octanol–water partition coefficient (Wildman–Crippen LogP) is 0.515. The summed E-state index contributed by atoms with van der Waals surface area (Å²) in [5.74, 6) is -0.357. The molecule has 1 aromatic carbocycles. The van der Waals surface area contributed by atoms with Gasteiger partial charge in [0.05, 0.1) is 25.9 Å². The predicted molar refractivity (Wildman–Crippen MR) is 61.4 cm³/mol. The van der Waals surface area contributed by atoms with E-state index in [0.717, 1.165) is 5.69 Å². The van der Waals surface area contributed by atoms with Crippen LogP contribution in [0.5, 0.6) is 0 Å². The van der Waals surface area contributed by atoms with E-state index >= 15 is 0 Å². The van der Waals surface area contributed by atoms with E-state index < -0.39 is 0 Å². The van der Waals surface area contributed by atoms with Crippen LogP contribution in [0.3, 0.4) is 0 Å². The molecule has 4 nitrogen and oxygen atoms in total. The molecule has 2 rings (SSSR count). The molecule has 0 amide bonds. The lowest BCUT2D eigenvalue weighted by Gasteiger charge is -2.34. The minimum absolute atomic E-state index is 0.0356. The highest BCUT2D eigenvalue weighted by Gasteiger charge is 2.21. The Bertz CT molecular complexity index is 386. The maximum absolute atomic E-state index is 13.0. The Hall–Kier alpha value is -1.17. The van der Waals surface area contributed by atoms with Gasteiger partial charge in [-0.05, 0) is 18.2 Å². The highest BCUT2D eigenvalue weighted by Crippen LogP contribution is 2.23. The van der Waals surface area contributed by atoms with E-state index in [2.05, 4.69) is 0 Å². The monoisotopic (exact) mass is 241 g/mol. The minimum Gasteiger partial charge on any atom is -0.394 e. The number of aliphatic hydroxyl groups excluding tert-OH is 2. The number of anilines is 1. The first-order chi connectivity index (χ1) is 8.24. The van der Waals surface area contributed by atoms with Gasteiger partial charge >= 0.3 is 0 Å². The Morgan fingerprint density at radius 2 is 2.24 bits per heavy atom. The summed E-state index contributed by atoms with van der Waals surface area (Å²) in [6.45, 7) is 1.51. The van der Waals surface area contributed by atoms with Gasteiger partial charge in [-0.15, -0.1) is 0 Å². The van der Waals surface area contributed by atoms with Gasteiger partial charge in [0.25, 0.3) is 0 Å². The molecule has 5 heteroatoms. The lowest BCUT2D eigenvalue weighted by Crippen LogP contribution is -2.44. The van der Waals surface area contributed by atoms with Gasteiger partial charge in [0.1, 0.15) is 5.82 Å². The largest absolute Gasteiger partial charge is 0.394 e. The zero-order chi connectivity index (χ0) is 12.3. The second kappa shape index (κ2) is 5.44. The second-order valence-electron chi connectivity index (χ2n) is 4.05. The number of morpholine rings is 1. The molecule has 1 aromatic rings. The number of nitrogens with zero attached hydrogens (tertiary/aromatic N) is 1. The van der Waals surface area contributed by atoms with Crippen LogP contribution in [0.15, 0.2) is 18.2 Å². The number of hydrogen-bond donors (Lipinski definition) is 2. The summed E-state index contributed by atoms with van der Waals surface area (Å²) >= 11 is 0. The molecule has 0 spiro atoms. The molecule has 1 atom stereocenters. The number of halogens is 1. The van der Waals surface area contributed by atoms with Gasteiger partial charge in [-0.3, -0.25) is 0 Å². The number of hydrogen-bond acceptors (Lipinski definition) is 4. The van der Waals surface area contributed by atoms with Crippen molar-refractivity contribution in [1.82, 2.24) is 0 Å². The van der Waals surface area contributed by atoms with Crippen molar-refractivity contribution in [2.24, 2.45) is 0 Å². The lowest BCUT2D eigenvalue weighted by molar-refractivity contribution is 0.00348. The lowest BCUT2D eigenvalue weighted by atomic mass is 10.1. The summed E-state index contributed by atoms with van der Waals surface area (Å²) in [6.07, 6.45) is -0.222. The van der Waals surface area contributed by atoms with Crippen molar-refractivity contribution in [3.63, 3.8) is 0 Å². The molecule has 1 aliphatic heterocycles. The van der Waals surface area contributed by atoms with E-state index in [1.165, 1.54) is 12.1 Å². The molecule has 0 radical (unpaired) electrons. The van der Waals surface area contributed by atoms with Crippen molar-refractivity contribution >= 4 is 5.69 Å². The smallest absolute Gasteiger partial charge is 0.123 e. The molecular formula is C12H16FNO3. The zero-order valence-electron chi connectivity index (χ0n) is 9.47. The Morgan fingerprint density at radius 3 is 2.94 bits per heavy atom. The average Bonchev–Trinajstić information content (AvgIpc) is 2.38. The van der Waals surface area contributed by atoms with Crippen LogP contribution < -0.4 is 4.90 Å². The van der Waals surface area contributed by atoms with Crippen LogP contribution in [0.25, 0.3) is 0 Å². The topological polar surface area (TPSA) is 52.9 Å². The van der Waals surface area contributed by atoms with Crippen molar-refractivity contribution in [2.45, 2.75) is 12.7 Å². The van der Waals surface area contributed by atoms with Crippen LogP contribution in [-0.2, 0) is 11.3 Å². The Labute approximate surface area is 99.2 Å². The molecule has 1 fully saturated rings. The third-order valence-corrected chi connectivity index (χ3v) is 2.89. The van der Waals surface area contributed by atoms with Gasteiger partial charge in [-0.2, -0.15) is 0 Å². The van der Waals surface area contributed by atoms with Crippen LogP contribution in [0.1, 0.15) is 5.56 Å². The maximum Gasteiger partial charge on any atom is 0.123 e. The van der Waals surface area contributed by atoms with Crippen molar-refractivity contribution in [1.29, 1.82) is 0 Å². The van der Waals surface area contributed by atoms with Crippen LogP contribution >= 0.6 is 0 Å². The van der Waals surface area contributed by atoms with Crippen molar-refractivity contribution in [3.8, 4) is 0 Å². The number of rotatable bonds is 3. The molecule has 94 valence electrons. The standard InChI is InChI=1S/C12H16FNO3/c13-10-1-2-12(9(5-10)7-15)14-3-4-17-11(6-14)8-16/h1-2,5,11,15-16H,3-4,6-8H2. The van der Waals surface area contributed by atoms with E-state index in [4.69, 9.17) is 9.84 Å². The highest BCUT2D eigenvalue weighted by molar-refractivity contribution is 5.54. The third-order valence-electron chi connectivity index (χ3n) is 2.89. The fourth-order valence-electron chi connectivity index (χ4n) is 2.04. The van der Waals surface area contributed by atoms with Crippen LogP contribution in [0.2, 0.25) is 0 Å². The van der Waals surface area contributed by atoms with Crippen LogP contribution in [0, 0.1) is 5.82 Å². The quantitative estimate of drug-likeness (QED) is 0.810. The van der Waals surface area contributed by atoms with Crippen molar-refractivity contribution in [2.75, 3.05) is 31.2 Å². The molecule has 1 saturated heterocycles. The Kier molecular flexibility index (Phi) is 3.93. The molecule has 1 unspecified atom stereocenters. The summed E-state index contributed by atoms with van der Waals surface area (Å²) < 4.78 is 18.4. The zero-order valence-corrected chi connectivity index (χ0v) is 9.47. The summed E-state index contributed by atoms with van der Waals surface area (Å²) in [7, 11) is 0. The second-order valence-corrected chi connectivity index (χ2v) is 4.05. The molecule has 1 aliphatic rings. The molecule has 0 bridgehead atoms. The number of ether oxygens (including phenoxy) is 1. The highest BCUT2D eigenvalue weighted by atomic mass is 19.1. The molecule has 17 heavy (non-hydrogen) atoms. The van der Waals surface area contributed by atoms with Crippen molar-refractivity contribution in [3.05, 3.63) is 29.6 Å². The molecule has 0 aliphatic carbocycles. The fourth-order valence-corrected chi connectivity index (χ4v) is 2.04. The Balaban J connectivity index is 2.20. The van der Waals surface area contributed by atoms with Crippen LogP contribution in [-0.4, -0.2) is 42.6 Å². The normalized spacial score (nSPS) is 20.6. The van der Waals surface area contributed by atoms with E-state index in [1.54, 1.807) is 6.07 Å². The van der Waals surface area contributed by atoms with Gasteiger partial charge < -0.3 is 19.8 Å². The van der Waals surface area contributed by atoms with E-state index in [1.807, 2.05) is 4.90 Å². The van der Waals surface area contributed by atoms with E-state index in [-0.39, 0.29) is 25.1 Å². The van der Waals surface area contributed by atoms with E-state index in [9.17, 15) is 9.50 Å². The first-order valence-corrected chi connectivity index (χ1v) is 5.61. The maximum atomic E-state index is 13.0. The SMILES string of the molecule is OCc1cc(F)ccc1N1CCOC(CO)C1. The molecule has 0 saturated carbocycles. The van der Waals surface area contributed by atoms with Gasteiger partial charge in [0.2, 0.25) is 0 Å². The van der Waals surface area contributed by atoms with Gasteiger partial charge in [0.15, 0.2) is 0 Å². The summed E-state index contributed by atoms with van der Waals surface area (Å²) in [5, 5.41) is 18.3. The van der Waals surface area contributed by atoms with Gasteiger partial charge in [0, 0.05) is 24.3 Å². The fraction of sp³-hybridized carbons (Fsp3) is 0.500. The Morgan fingerprint density at radius 1 is 1.41 bits per heavy atom. The first-order valence-electron chi connectivity index (χ1n) is 5.61. The molecular weight excluding hydrogens is 225 g/mol. The molecule has 0 aromatic heterocycles. The summed E-state index contributed by atoms with van der Waals surface area (Å²) in [6, 6.07) is 4.36. The first kappa shape index (κ1) is 12.3. The summed E-state index contributed by atoms with van der Waals surface area (Å²) in [4.78, 5) is 2.00. The van der Waals surface area contributed by atoms with Crippen molar-refractivity contribution < 1.29 is 19.3 Å². The van der Waals surface area contributed by atoms with Gasteiger partial charge in [-0.1, -0.05) is 0 Å². The van der Waals surface area contributed by atoms with Gasteiger partial charge in [-0.25, -0.2) is 4.39 Å². The van der Waals surface area contributed by atoms with Crippen LogP contribution in [0.4, 0.5) is 10.1 Å². The molecule has 1 heterocycles. The van der Waals surface area contributed by atoms with E-state index in [0.29, 0.717) is 25.3 Å².